The van der Waals surface area contributed by atoms with Gasteiger partial charge in [0.1, 0.15) is 16.5 Å². The van der Waals surface area contributed by atoms with Crippen molar-refractivity contribution in [3.05, 3.63) is 52.7 Å². The summed E-state index contributed by atoms with van der Waals surface area (Å²) >= 11 is 1.39. The first-order valence-corrected chi connectivity index (χ1v) is 9.16. The molecule has 0 spiro atoms. The van der Waals surface area contributed by atoms with Crippen LogP contribution in [0.5, 0.6) is 0 Å². The maximum Gasteiger partial charge on any atom is 0.275 e. The van der Waals surface area contributed by atoms with Crippen LogP contribution in [-0.4, -0.2) is 20.4 Å². The lowest BCUT2D eigenvalue weighted by molar-refractivity contribution is 0.102. The van der Waals surface area contributed by atoms with E-state index in [0.717, 1.165) is 41.5 Å². The van der Waals surface area contributed by atoms with Gasteiger partial charge in [0.15, 0.2) is 0 Å². The molecule has 1 aromatic carbocycles. The number of benzene rings is 1. The Balaban J connectivity index is 0.00000182. The van der Waals surface area contributed by atoms with E-state index in [2.05, 4.69) is 26.8 Å². The zero-order valence-corrected chi connectivity index (χ0v) is 17.4. The van der Waals surface area contributed by atoms with E-state index < -0.39 is 0 Å². The molecule has 0 atom stereocenters. The molecule has 2 aromatic heterocycles. The molecular weight excluding hydrogens is 405 g/mol. The van der Waals surface area contributed by atoms with E-state index in [9.17, 15) is 4.79 Å². The Kier molecular flexibility index (Phi) is 9.45. The van der Waals surface area contributed by atoms with Gasteiger partial charge in [-0.1, -0.05) is 25.5 Å². The number of nitrogens with two attached hydrogens (primary N) is 1. The molecule has 0 aliphatic heterocycles. The van der Waals surface area contributed by atoms with Crippen LogP contribution in [0.25, 0.3) is 11.4 Å². The molecule has 146 valence electrons. The second-order valence-electron chi connectivity index (χ2n) is 5.66. The van der Waals surface area contributed by atoms with Crippen LogP contribution >= 0.6 is 36.2 Å². The summed E-state index contributed by atoms with van der Waals surface area (Å²) < 4.78 is 2.14. The minimum atomic E-state index is -0.234. The Morgan fingerprint density at radius 1 is 1.33 bits per heavy atom. The Hall–Kier alpha value is -1.93. The van der Waals surface area contributed by atoms with E-state index >= 15 is 0 Å². The van der Waals surface area contributed by atoms with Crippen LogP contribution in [-0.2, 0) is 13.1 Å². The van der Waals surface area contributed by atoms with E-state index in [1.165, 1.54) is 11.3 Å². The fourth-order valence-electron chi connectivity index (χ4n) is 2.52. The highest BCUT2D eigenvalue weighted by Crippen LogP contribution is 2.22. The van der Waals surface area contributed by atoms with E-state index in [-0.39, 0.29) is 30.7 Å². The summed E-state index contributed by atoms with van der Waals surface area (Å²) in [4.78, 5) is 21.0. The molecule has 0 fully saturated rings. The zero-order valence-electron chi connectivity index (χ0n) is 14.9. The van der Waals surface area contributed by atoms with Gasteiger partial charge in [0, 0.05) is 42.1 Å². The van der Waals surface area contributed by atoms with Gasteiger partial charge in [0.25, 0.3) is 5.91 Å². The van der Waals surface area contributed by atoms with Crippen LogP contribution in [0.2, 0.25) is 0 Å². The van der Waals surface area contributed by atoms with Crippen molar-refractivity contribution in [1.82, 2.24) is 14.5 Å². The van der Waals surface area contributed by atoms with Gasteiger partial charge in [-0.3, -0.25) is 4.79 Å². The largest absolute Gasteiger partial charge is 0.331 e. The highest BCUT2D eigenvalue weighted by Gasteiger charge is 2.12. The number of nitrogens with one attached hydrogen (secondary N) is 1. The Morgan fingerprint density at radius 3 is 2.85 bits per heavy atom. The quantitative estimate of drug-likeness (QED) is 0.586. The molecule has 0 aliphatic rings. The van der Waals surface area contributed by atoms with Gasteiger partial charge in [-0.05, 0) is 18.6 Å². The molecule has 0 bridgehead atoms. The molecular formula is C18H23Cl2N5OS. The van der Waals surface area contributed by atoms with Crippen LogP contribution in [0.4, 0.5) is 5.69 Å². The molecule has 0 saturated carbocycles. The number of thiazole rings is 1. The van der Waals surface area contributed by atoms with Crippen LogP contribution in [0.15, 0.2) is 42.0 Å². The Bertz CT molecular complexity index is 865. The summed E-state index contributed by atoms with van der Waals surface area (Å²) in [6.07, 6.45) is 6.03. The van der Waals surface area contributed by atoms with Crippen molar-refractivity contribution >= 4 is 47.7 Å². The van der Waals surface area contributed by atoms with E-state index in [1.807, 2.05) is 30.5 Å². The monoisotopic (exact) mass is 427 g/mol. The smallest absolute Gasteiger partial charge is 0.275 e. The second-order valence-corrected chi connectivity index (χ2v) is 6.61. The predicted octanol–water partition coefficient (Wildman–Crippen LogP) is 4.36. The first-order valence-electron chi connectivity index (χ1n) is 8.28. The summed E-state index contributed by atoms with van der Waals surface area (Å²) in [7, 11) is 0. The maximum absolute atomic E-state index is 12.3. The number of unbranched alkanes of at least 4 members (excludes halogenated alkanes) is 1. The number of carbonyl (C=O) groups excluding carboxylic acids is 1. The molecule has 3 rings (SSSR count). The normalized spacial score (nSPS) is 10.0. The number of anilines is 1. The van der Waals surface area contributed by atoms with Gasteiger partial charge >= 0.3 is 0 Å². The number of imidazole rings is 1. The lowest BCUT2D eigenvalue weighted by Crippen LogP contribution is -2.12. The number of aryl methyl sites for hydroxylation is 1. The van der Waals surface area contributed by atoms with Gasteiger partial charge in [-0.15, -0.1) is 36.2 Å². The first-order chi connectivity index (χ1) is 12.2. The van der Waals surface area contributed by atoms with Gasteiger partial charge in [-0.25, -0.2) is 9.97 Å². The number of hydrogen-bond acceptors (Lipinski definition) is 5. The molecule has 0 radical (unpaired) electrons. The standard InChI is InChI=1S/C18H21N5OS.2ClH/c1-2-3-8-23-9-7-20-17(23)13-5-4-6-14(10-13)21-18(24)15-12-25-16(11-19)22-15;;/h4-7,9-10,12H,2-3,8,11,19H2,1H3,(H,21,24);2*1H. The number of amides is 1. The van der Waals surface area contributed by atoms with E-state index in [4.69, 9.17) is 5.73 Å². The van der Waals surface area contributed by atoms with Crippen molar-refractivity contribution in [2.45, 2.75) is 32.9 Å². The minimum Gasteiger partial charge on any atom is -0.331 e. The lowest BCUT2D eigenvalue weighted by Gasteiger charge is -2.09. The average molecular weight is 428 g/mol. The second kappa shape index (κ2) is 11.0. The number of hydrogen-bond donors (Lipinski definition) is 2. The lowest BCUT2D eigenvalue weighted by atomic mass is 10.2. The minimum absolute atomic E-state index is 0. The SMILES string of the molecule is CCCCn1ccnc1-c1cccc(NC(=O)c2csc(CN)n2)c1.Cl.Cl. The van der Waals surface area contributed by atoms with Gasteiger partial charge in [0.2, 0.25) is 0 Å². The molecule has 2 heterocycles. The van der Waals surface area contributed by atoms with E-state index in [1.54, 1.807) is 11.6 Å². The molecule has 27 heavy (non-hydrogen) atoms. The highest BCUT2D eigenvalue weighted by molar-refractivity contribution is 7.09. The summed E-state index contributed by atoms with van der Waals surface area (Å²) in [5, 5.41) is 5.36. The maximum atomic E-state index is 12.3. The number of nitrogens with zero attached hydrogens (tertiary/aromatic N) is 3. The van der Waals surface area contributed by atoms with E-state index in [0.29, 0.717) is 12.2 Å². The number of rotatable bonds is 7. The molecule has 6 nitrogen and oxygen atoms in total. The summed E-state index contributed by atoms with van der Waals surface area (Å²) in [6.45, 7) is 3.44. The third kappa shape index (κ3) is 5.77. The molecule has 3 aromatic rings. The summed E-state index contributed by atoms with van der Waals surface area (Å²) in [5.41, 5.74) is 7.62. The van der Waals surface area contributed by atoms with Gasteiger partial charge < -0.3 is 15.6 Å². The molecule has 1 amide bonds. The third-order valence-electron chi connectivity index (χ3n) is 3.81. The third-order valence-corrected chi connectivity index (χ3v) is 4.68. The predicted molar refractivity (Wildman–Crippen MR) is 115 cm³/mol. The zero-order chi connectivity index (χ0) is 17.6. The van der Waals surface area contributed by atoms with Crippen LogP contribution in [0.3, 0.4) is 0 Å². The number of halogens is 2. The van der Waals surface area contributed by atoms with Crippen molar-refractivity contribution in [2.75, 3.05) is 5.32 Å². The van der Waals surface area contributed by atoms with Crippen molar-refractivity contribution in [2.24, 2.45) is 5.73 Å². The van der Waals surface area contributed by atoms with Crippen molar-refractivity contribution in [1.29, 1.82) is 0 Å². The van der Waals surface area contributed by atoms with Gasteiger partial charge in [0.05, 0.1) is 0 Å². The fraction of sp³-hybridized carbons (Fsp3) is 0.278. The topological polar surface area (TPSA) is 85.8 Å². The molecule has 0 unspecified atom stereocenters. The van der Waals surface area contributed by atoms with Crippen molar-refractivity contribution < 1.29 is 4.79 Å². The van der Waals surface area contributed by atoms with Crippen LogP contribution in [0, 0.1) is 0 Å². The average Bonchev–Trinajstić information content (AvgIpc) is 3.29. The summed E-state index contributed by atoms with van der Waals surface area (Å²) in [6, 6.07) is 7.70. The first kappa shape index (κ1) is 23.1. The van der Waals surface area contributed by atoms with Crippen molar-refractivity contribution in [3.8, 4) is 11.4 Å². The van der Waals surface area contributed by atoms with Crippen molar-refractivity contribution in [3.63, 3.8) is 0 Å². The van der Waals surface area contributed by atoms with Crippen LogP contribution < -0.4 is 11.1 Å². The number of aromatic nitrogens is 3. The fourth-order valence-corrected chi connectivity index (χ4v) is 3.17. The highest BCUT2D eigenvalue weighted by atomic mass is 35.5. The number of carbonyl (C=O) groups is 1. The molecule has 3 N–H and O–H groups in total. The molecule has 9 heteroatoms. The van der Waals surface area contributed by atoms with Crippen LogP contribution in [0.1, 0.15) is 35.3 Å². The van der Waals surface area contributed by atoms with Gasteiger partial charge in [-0.2, -0.15) is 0 Å². The molecule has 0 saturated heterocycles. The summed E-state index contributed by atoms with van der Waals surface area (Å²) in [5.74, 6) is 0.672. The molecule has 0 aliphatic carbocycles. The Morgan fingerprint density at radius 2 is 2.15 bits per heavy atom. The Labute approximate surface area is 175 Å².